The molecule has 470 valence electrons. The van der Waals surface area contributed by atoms with Crippen LogP contribution in [0.5, 0.6) is 0 Å². The number of hydrogen-bond acceptors (Lipinski definition) is 6. The van der Waals surface area contributed by atoms with Gasteiger partial charge < -0.3 is 14.2 Å². The van der Waals surface area contributed by atoms with Gasteiger partial charge >= 0.3 is 17.9 Å². The highest BCUT2D eigenvalue weighted by Crippen LogP contribution is 2.16. The van der Waals surface area contributed by atoms with Crippen LogP contribution in [0.25, 0.3) is 0 Å². The lowest BCUT2D eigenvalue weighted by atomic mass is 10.0. The van der Waals surface area contributed by atoms with Gasteiger partial charge in [-0.2, -0.15) is 0 Å². The number of ether oxygens (including phenoxy) is 3. The number of rotatable bonds is 61. The van der Waals surface area contributed by atoms with E-state index in [4.69, 9.17) is 14.2 Å². The maximum Gasteiger partial charge on any atom is 0.306 e. The number of esters is 3. The fourth-order valence-electron chi connectivity index (χ4n) is 9.30. The molecule has 0 amide bonds. The van der Waals surface area contributed by atoms with Gasteiger partial charge in [-0.15, -0.1) is 0 Å². The van der Waals surface area contributed by atoms with Crippen LogP contribution >= 0.6 is 0 Å². The Labute approximate surface area is 512 Å². The van der Waals surface area contributed by atoms with Gasteiger partial charge in [-0.05, 0) is 135 Å². The van der Waals surface area contributed by atoms with E-state index in [2.05, 4.69) is 167 Å². The van der Waals surface area contributed by atoms with Crippen molar-refractivity contribution in [3.8, 4) is 0 Å². The molecule has 83 heavy (non-hydrogen) atoms. The summed E-state index contributed by atoms with van der Waals surface area (Å²) in [6.07, 6.45) is 100.0. The Morgan fingerprint density at radius 1 is 0.241 bits per heavy atom. The highest BCUT2D eigenvalue weighted by molar-refractivity contribution is 5.71. The van der Waals surface area contributed by atoms with Crippen molar-refractivity contribution < 1.29 is 28.6 Å². The largest absolute Gasteiger partial charge is 0.462 e. The second-order valence-corrected chi connectivity index (χ2v) is 22.3. The summed E-state index contributed by atoms with van der Waals surface area (Å²) >= 11 is 0. The summed E-state index contributed by atoms with van der Waals surface area (Å²) in [7, 11) is 0. The fraction of sp³-hybridized carbons (Fsp3) is 0.649. The first-order valence-corrected chi connectivity index (χ1v) is 34.3. The number of carbonyl (C=O) groups excluding carboxylic acids is 3. The number of carbonyl (C=O) groups is 3. The van der Waals surface area contributed by atoms with E-state index in [0.717, 1.165) is 154 Å². The second kappa shape index (κ2) is 69.8. The molecule has 6 nitrogen and oxygen atoms in total. The van der Waals surface area contributed by atoms with E-state index >= 15 is 0 Å². The number of allylic oxidation sites excluding steroid dienone is 24. The van der Waals surface area contributed by atoms with Gasteiger partial charge in [-0.3, -0.25) is 14.4 Å². The molecule has 0 aromatic rings. The SMILES string of the molecule is CC/C=C\C/C=C\C/C=C\C/C=C\CCCCCCCCCCCCCCC(=O)OCC(COC(=O)CCCCCCCC/C=C\C/C=C\C/C=C\C/C=C\CC)OC(=O)CCCCCCCCCC/C=C\C/C=C\C/C=C\C/C=C\CC. The normalized spacial score (nSPS) is 13.0. The van der Waals surface area contributed by atoms with Gasteiger partial charge in [0.25, 0.3) is 0 Å². The van der Waals surface area contributed by atoms with E-state index in [0.29, 0.717) is 19.3 Å². The summed E-state index contributed by atoms with van der Waals surface area (Å²) in [5.41, 5.74) is 0. The van der Waals surface area contributed by atoms with Crippen LogP contribution in [0, 0.1) is 0 Å². The summed E-state index contributed by atoms with van der Waals surface area (Å²) in [6, 6.07) is 0. The zero-order chi connectivity index (χ0) is 59.9. The Kier molecular flexibility index (Phi) is 65.8. The zero-order valence-electron chi connectivity index (χ0n) is 53.9. The molecular formula is C77H126O6. The Hall–Kier alpha value is -4.71. The molecule has 0 aliphatic carbocycles. The Morgan fingerprint density at radius 3 is 0.675 bits per heavy atom. The molecule has 0 spiro atoms. The van der Waals surface area contributed by atoms with Crippen LogP contribution in [-0.2, 0) is 28.6 Å². The molecule has 0 aromatic carbocycles. The van der Waals surface area contributed by atoms with E-state index in [1.807, 2.05) is 0 Å². The zero-order valence-corrected chi connectivity index (χ0v) is 53.9. The highest BCUT2D eigenvalue weighted by atomic mass is 16.6. The summed E-state index contributed by atoms with van der Waals surface area (Å²) in [5.74, 6) is -0.909. The van der Waals surface area contributed by atoms with E-state index in [1.165, 1.54) is 109 Å². The molecule has 0 rings (SSSR count). The molecule has 0 saturated carbocycles. The molecule has 0 heterocycles. The standard InChI is InChI=1S/C77H126O6/c1-4-7-10-13-16-19-22-25-28-31-34-36-37-38-39-41-43-46-49-52-55-58-61-64-67-70-76(79)82-73-74(72-81-75(78)69-66-63-60-57-54-51-48-45-42-33-30-27-24-21-18-15-12-9-6-3)83-77(80)71-68-65-62-59-56-53-50-47-44-40-35-32-29-26-23-20-17-14-11-8-5-2/h7-12,16-21,25-30,34-36,40,42,45,74H,4-6,13-15,22-24,31-33,37-39,41,43-44,46-73H2,1-3H3/b10-7-,11-8-,12-9-,19-16-,20-17-,21-18-,28-25-,29-26-,30-27-,36-34-,40-35-,45-42-. The van der Waals surface area contributed by atoms with Gasteiger partial charge in [-0.25, -0.2) is 0 Å². The van der Waals surface area contributed by atoms with E-state index in [1.54, 1.807) is 0 Å². The molecule has 0 N–H and O–H groups in total. The van der Waals surface area contributed by atoms with Crippen molar-refractivity contribution in [1.82, 2.24) is 0 Å². The third-order valence-electron chi connectivity index (χ3n) is 14.3. The quantitative estimate of drug-likeness (QED) is 0.0261. The third kappa shape index (κ3) is 68.0. The predicted octanol–water partition coefficient (Wildman–Crippen LogP) is 23.9. The fourth-order valence-corrected chi connectivity index (χ4v) is 9.30. The van der Waals surface area contributed by atoms with Gasteiger partial charge in [0.1, 0.15) is 13.2 Å². The van der Waals surface area contributed by atoms with Crippen LogP contribution < -0.4 is 0 Å². The third-order valence-corrected chi connectivity index (χ3v) is 14.3. The molecule has 0 fully saturated rings. The minimum Gasteiger partial charge on any atom is -0.462 e. The number of hydrogen-bond donors (Lipinski definition) is 0. The maximum atomic E-state index is 13.0. The van der Waals surface area contributed by atoms with Gasteiger partial charge in [-0.1, -0.05) is 295 Å². The van der Waals surface area contributed by atoms with Gasteiger partial charge in [0.15, 0.2) is 6.10 Å². The van der Waals surface area contributed by atoms with Crippen LogP contribution in [-0.4, -0.2) is 37.2 Å². The molecule has 6 heteroatoms. The van der Waals surface area contributed by atoms with Crippen LogP contribution in [0.15, 0.2) is 146 Å². The van der Waals surface area contributed by atoms with Crippen molar-refractivity contribution in [3.05, 3.63) is 146 Å². The molecule has 0 aliphatic heterocycles. The summed E-state index contributed by atoms with van der Waals surface area (Å²) < 4.78 is 17.0. The van der Waals surface area contributed by atoms with Crippen molar-refractivity contribution in [2.24, 2.45) is 0 Å². The molecule has 1 unspecified atom stereocenters. The minimum absolute atomic E-state index is 0.0909. The van der Waals surface area contributed by atoms with Gasteiger partial charge in [0, 0.05) is 19.3 Å². The van der Waals surface area contributed by atoms with Crippen molar-refractivity contribution in [3.63, 3.8) is 0 Å². The Balaban J connectivity index is 4.42. The smallest absolute Gasteiger partial charge is 0.306 e. The maximum absolute atomic E-state index is 13.0. The van der Waals surface area contributed by atoms with Crippen molar-refractivity contribution >= 4 is 17.9 Å². The first-order chi connectivity index (χ1) is 41.0. The van der Waals surface area contributed by atoms with E-state index < -0.39 is 6.10 Å². The Bertz CT molecular complexity index is 1800. The van der Waals surface area contributed by atoms with Crippen molar-refractivity contribution in [1.29, 1.82) is 0 Å². The summed E-state index contributed by atoms with van der Waals surface area (Å²) in [6.45, 7) is 6.30. The summed E-state index contributed by atoms with van der Waals surface area (Å²) in [4.78, 5) is 38.5. The second-order valence-electron chi connectivity index (χ2n) is 22.3. The van der Waals surface area contributed by atoms with Crippen molar-refractivity contribution in [2.75, 3.05) is 13.2 Å². The molecule has 1 atom stereocenters. The molecule has 0 aromatic heterocycles. The topological polar surface area (TPSA) is 78.9 Å². The first kappa shape index (κ1) is 78.3. The minimum atomic E-state index is -0.798. The average Bonchev–Trinajstić information content (AvgIpc) is 3.50. The molecule has 0 aliphatic rings. The summed E-state index contributed by atoms with van der Waals surface area (Å²) in [5, 5.41) is 0. The lowest BCUT2D eigenvalue weighted by molar-refractivity contribution is -0.167. The van der Waals surface area contributed by atoms with Crippen LogP contribution in [0.1, 0.15) is 303 Å². The highest BCUT2D eigenvalue weighted by Gasteiger charge is 2.19. The molecular weight excluding hydrogens is 1020 g/mol. The van der Waals surface area contributed by atoms with Crippen LogP contribution in [0.2, 0.25) is 0 Å². The average molecular weight is 1150 g/mol. The monoisotopic (exact) mass is 1150 g/mol. The van der Waals surface area contributed by atoms with Gasteiger partial charge in [0.05, 0.1) is 0 Å². The molecule has 0 saturated heterocycles. The molecule has 0 radical (unpaired) electrons. The Morgan fingerprint density at radius 2 is 0.434 bits per heavy atom. The van der Waals surface area contributed by atoms with E-state index in [9.17, 15) is 14.4 Å². The van der Waals surface area contributed by atoms with E-state index in [-0.39, 0.29) is 31.1 Å². The number of unbranched alkanes of at least 4 members (excludes halogenated alkanes) is 26. The first-order valence-electron chi connectivity index (χ1n) is 34.3. The van der Waals surface area contributed by atoms with Crippen LogP contribution in [0.3, 0.4) is 0 Å². The van der Waals surface area contributed by atoms with Gasteiger partial charge in [0.2, 0.25) is 0 Å². The molecule has 0 bridgehead atoms. The lowest BCUT2D eigenvalue weighted by Gasteiger charge is -2.18. The van der Waals surface area contributed by atoms with Crippen molar-refractivity contribution in [2.45, 2.75) is 309 Å². The predicted molar refractivity (Wildman–Crippen MR) is 362 cm³/mol. The van der Waals surface area contributed by atoms with Crippen LogP contribution in [0.4, 0.5) is 0 Å². The lowest BCUT2D eigenvalue weighted by Crippen LogP contribution is -2.30.